The van der Waals surface area contributed by atoms with Crippen LogP contribution in [0, 0.1) is 11.8 Å². The summed E-state index contributed by atoms with van der Waals surface area (Å²) in [5, 5.41) is 0.338. The van der Waals surface area contributed by atoms with E-state index in [9.17, 15) is 0 Å². The van der Waals surface area contributed by atoms with Crippen molar-refractivity contribution in [3.63, 3.8) is 0 Å². The van der Waals surface area contributed by atoms with Gasteiger partial charge in [0.2, 0.25) is 0 Å². The summed E-state index contributed by atoms with van der Waals surface area (Å²) < 4.78 is 6.63. The summed E-state index contributed by atoms with van der Waals surface area (Å²) in [6.45, 7) is 14.0. The first-order chi connectivity index (χ1) is 7.74. The fraction of sp³-hybridized carbons (Fsp3) is 0.867. The molecule has 0 spiro atoms. The highest BCUT2D eigenvalue weighted by atomic mass is 28.4. The number of allylic oxidation sites excluding steroid dienone is 1. The summed E-state index contributed by atoms with van der Waals surface area (Å²) in [7, 11) is -1.58. The Hall–Kier alpha value is -0.0831. The van der Waals surface area contributed by atoms with Gasteiger partial charge >= 0.3 is 0 Å². The summed E-state index contributed by atoms with van der Waals surface area (Å²) in [5.74, 6) is 1.67. The number of fused-ring (bicyclic) bond motifs is 2. The molecule has 17 heavy (non-hydrogen) atoms. The van der Waals surface area contributed by atoms with E-state index < -0.39 is 8.32 Å². The van der Waals surface area contributed by atoms with Crippen LogP contribution in [0.25, 0.3) is 0 Å². The lowest BCUT2D eigenvalue weighted by molar-refractivity contribution is 0.143. The molecule has 2 fully saturated rings. The maximum atomic E-state index is 6.63. The molecule has 98 valence electrons. The molecule has 0 aromatic carbocycles. The van der Waals surface area contributed by atoms with Gasteiger partial charge in [-0.15, -0.1) is 0 Å². The molecule has 1 nitrogen and oxygen atoms in total. The second-order valence-electron chi connectivity index (χ2n) is 7.43. The van der Waals surface area contributed by atoms with Crippen LogP contribution in [0.15, 0.2) is 11.6 Å². The molecule has 2 saturated carbocycles. The van der Waals surface area contributed by atoms with Crippen molar-refractivity contribution in [2.24, 2.45) is 11.8 Å². The Bertz CT molecular complexity index is 324. The third kappa shape index (κ3) is 2.39. The zero-order chi connectivity index (χ0) is 12.8. The molecule has 0 unspecified atom stereocenters. The van der Waals surface area contributed by atoms with Gasteiger partial charge in [-0.05, 0) is 50.2 Å². The van der Waals surface area contributed by atoms with Crippen LogP contribution in [0.3, 0.4) is 0 Å². The van der Waals surface area contributed by atoms with Crippen molar-refractivity contribution in [2.45, 2.75) is 71.2 Å². The Morgan fingerprint density at radius 2 is 1.88 bits per heavy atom. The predicted molar refractivity (Wildman–Crippen MR) is 76.7 cm³/mol. The molecule has 0 aromatic rings. The van der Waals surface area contributed by atoms with Gasteiger partial charge in [0, 0.05) is 5.92 Å². The topological polar surface area (TPSA) is 9.23 Å². The molecule has 2 rings (SSSR count). The van der Waals surface area contributed by atoms with Crippen LogP contribution in [0.2, 0.25) is 18.1 Å². The minimum absolute atomic E-state index is 0.338. The van der Waals surface area contributed by atoms with Gasteiger partial charge in [-0.25, -0.2) is 0 Å². The van der Waals surface area contributed by atoms with E-state index in [1.165, 1.54) is 19.3 Å². The Morgan fingerprint density at radius 1 is 1.24 bits per heavy atom. The minimum Gasteiger partial charge on any atom is -0.413 e. The molecule has 0 amide bonds. The molecular formula is C15H28OSi. The van der Waals surface area contributed by atoms with E-state index >= 15 is 0 Å². The molecular weight excluding hydrogens is 224 g/mol. The van der Waals surface area contributed by atoms with Crippen LogP contribution < -0.4 is 0 Å². The minimum atomic E-state index is -1.58. The van der Waals surface area contributed by atoms with Gasteiger partial charge in [0.15, 0.2) is 8.32 Å². The average Bonchev–Trinajstić information content (AvgIpc) is 2.73. The lowest BCUT2D eigenvalue weighted by Crippen LogP contribution is -2.45. The normalized spacial score (nSPS) is 35.9. The van der Waals surface area contributed by atoms with E-state index in [2.05, 4.69) is 46.9 Å². The highest BCUT2D eigenvalue weighted by Gasteiger charge is 2.47. The quantitative estimate of drug-likeness (QED) is 0.509. The molecule has 2 bridgehead atoms. The molecule has 0 aromatic heterocycles. The first kappa shape index (κ1) is 13.4. The molecule has 0 heterocycles. The van der Waals surface area contributed by atoms with Crippen molar-refractivity contribution in [1.29, 1.82) is 0 Å². The van der Waals surface area contributed by atoms with Crippen LogP contribution in [0.1, 0.15) is 47.0 Å². The summed E-state index contributed by atoms with van der Waals surface area (Å²) >= 11 is 0. The number of rotatable bonds is 2. The van der Waals surface area contributed by atoms with Crippen molar-refractivity contribution >= 4 is 8.32 Å². The molecule has 0 N–H and O–H groups in total. The van der Waals surface area contributed by atoms with Gasteiger partial charge in [-0.1, -0.05) is 32.4 Å². The van der Waals surface area contributed by atoms with Crippen molar-refractivity contribution in [2.75, 3.05) is 0 Å². The lowest BCUT2D eigenvalue weighted by atomic mass is 9.92. The molecule has 2 aliphatic rings. The number of hydrogen-bond donors (Lipinski definition) is 0. The second-order valence-corrected chi connectivity index (χ2v) is 12.2. The zero-order valence-corrected chi connectivity index (χ0v) is 13.3. The molecule has 0 radical (unpaired) electrons. The fourth-order valence-corrected chi connectivity index (χ4v) is 4.53. The first-order valence-electron chi connectivity index (χ1n) is 7.07. The zero-order valence-electron chi connectivity index (χ0n) is 12.3. The van der Waals surface area contributed by atoms with E-state index in [0.717, 1.165) is 11.8 Å². The van der Waals surface area contributed by atoms with Gasteiger partial charge in [-0.2, -0.15) is 0 Å². The number of hydrogen-bond acceptors (Lipinski definition) is 1. The SMILES string of the molecule is C/C=C1\C[C@H]2C[C@H](O[Si](C)(C)C(C)(C)C)[C@@H]1C2. The Balaban J connectivity index is 2.07. The molecule has 2 aliphatic carbocycles. The van der Waals surface area contributed by atoms with E-state index in [1.54, 1.807) is 5.57 Å². The van der Waals surface area contributed by atoms with Crippen molar-refractivity contribution in [3.05, 3.63) is 11.6 Å². The highest BCUT2D eigenvalue weighted by molar-refractivity contribution is 6.74. The maximum Gasteiger partial charge on any atom is 0.192 e. The predicted octanol–water partition coefficient (Wildman–Crippen LogP) is 4.75. The smallest absolute Gasteiger partial charge is 0.192 e. The van der Waals surface area contributed by atoms with Crippen LogP contribution in [-0.2, 0) is 4.43 Å². The monoisotopic (exact) mass is 252 g/mol. The van der Waals surface area contributed by atoms with Crippen LogP contribution in [0.5, 0.6) is 0 Å². The standard InChI is InChI=1S/C15H28OSi/c1-7-12-8-11-9-13(12)14(10-11)16-17(5,6)15(2,3)4/h7,11,13-14H,8-10H2,1-6H3/b12-7+/t11-,13-,14+/m1/s1. The van der Waals surface area contributed by atoms with Gasteiger partial charge in [0.25, 0.3) is 0 Å². The van der Waals surface area contributed by atoms with Crippen molar-refractivity contribution < 1.29 is 4.43 Å². The molecule has 3 atom stereocenters. The molecule has 0 aliphatic heterocycles. The van der Waals surface area contributed by atoms with Crippen molar-refractivity contribution in [3.8, 4) is 0 Å². The fourth-order valence-electron chi connectivity index (χ4n) is 3.16. The van der Waals surface area contributed by atoms with Crippen LogP contribution in [-0.4, -0.2) is 14.4 Å². The van der Waals surface area contributed by atoms with E-state index in [1.807, 2.05) is 0 Å². The summed E-state index contributed by atoms with van der Waals surface area (Å²) in [6, 6.07) is 0. The Kier molecular flexibility index (Phi) is 3.33. The third-order valence-corrected chi connectivity index (χ3v) is 9.73. The van der Waals surface area contributed by atoms with Crippen LogP contribution >= 0.6 is 0 Å². The van der Waals surface area contributed by atoms with Crippen molar-refractivity contribution in [1.82, 2.24) is 0 Å². The van der Waals surface area contributed by atoms with Gasteiger partial charge < -0.3 is 4.43 Å². The Morgan fingerprint density at radius 3 is 2.35 bits per heavy atom. The first-order valence-corrected chi connectivity index (χ1v) is 9.98. The summed E-state index contributed by atoms with van der Waals surface area (Å²) in [4.78, 5) is 0. The molecule has 2 heteroatoms. The van der Waals surface area contributed by atoms with Gasteiger partial charge in [0.05, 0.1) is 6.10 Å². The van der Waals surface area contributed by atoms with E-state index in [-0.39, 0.29) is 0 Å². The van der Waals surface area contributed by atoms with E-state index in [4.69, 9.17) is 4.43 Å². The van der Waals surface area contributed by atoms with E-state index in [0.29, 0.717) is 11.1 Å². The third-order valence-electron chi connectivity index (χ3n) is 5.23. The largest absolute Gasteiger partial charge is 0.413 e. The van der Waals surface area contributed by atoms with Crippen LogP contribution in [0.4, 0.5) is 0 Å². The summed E-state index contributed by atoms with van der Waals surface area (Å²) in [6.07, 6.45) is 6.92. The average molecular weight is 252 g/mol. The van der Waals surface area contributed by atoms with Gasteiger partial charge in [-0.3, -0.25) is 0 Å². The van der Waals surface area contributed by atoms with Gasteiger partial charge in [0.1, 0.15) is 0 Å². The highest BCUT2D eigenvalue weighted by Crippen LogP contribution is 2.51. The lowest BCUT2D eigenvalue weighted by Gasteiger charge is -2.41. The Labute approximate surface area is 108 Å². The second kappa shape index (κ2) is 4.24. The maximum absolute atomic E-state index is 6.63. The molecule has 0 saturated heterocycles. The summed E-state index contributed by atoms with van der Waals surface area (Å²) in [5.41, 5.74) is 1.67.